The highest BCUT2D eigenvalue weighted by atomic mass is 16.1. The van der Waals surface area contributed by atoms with Crippen molar-refractivity contribution in [2.75, 3.05) is 0 Å². The van der Waals surface area contributed by atoms with Crippen molar-refractivity contribution in [3.63, 3.8) is 0 Å². The fourth-order valence-electron chi connectivity index (χ4n) is 4.46. The van der Waals surface area contributed by atoms with E-state index in [2.05, 4.69) is 22.1 Å². The molecule has 1 aliphatic carbocycles. The zero-order valence-corrected chi connectivity index (χ0v) is 16.9. The van der Waals surface area contributed by atoms with Crippen LogP contribution in [-0.2, 0) is 24.2 Å². The summed E-state index contributed by atoms with van der Waals surface area (Å²) in [4.78, 5) is 26.5. The van der Waals surface area contributed by atoms with Gasteiger partial charge in [0.25, 0.3) is 0 Å². The van der Waals surface area contributed by atoms with Gasteiger partial charge in [-0.05, 0) is 53.1 Å². The Balaban J connectivity index is 1.27. The normalized spacial score (nSPS) is 14.2. The van der Waals surface area contributed by atoms with Crippen molar-refractivity contribution in [3.05, 3.63) is 112 Å². The van der Waals surface area contributed by atoms with Crippen LogP contribution in [-0.4, -0.2) is 21.5 Å². The van der Waals surface area contributed by atoms with Crippen LogP contribution in [0.5, 0.6) is 0 Å². The topological polar surface area (TPSA) is 55.2 Å². The third kappa shape index (κ3) is 3.17. The molecule has 0 saturated heterocycles. The Morgan fingerprint density at radius 1 is 0.935 bits per heavy atom. The molecule has 2 aromatic heterocycles. The van der Waals surface area contributed by atoms with Gasteiger partial charge in [0.1, 0.15) is 0 Å². The molecule has 0 atom stereocenters. The van der Waals surface area contributed by atoms with Crippen LogP contribution in [0.15, 0.2) is 83.6 Å². The van der Waals surface area contributed by atoms with Gasteiger partial charge in [0.05, 0.1) is 24.2 Å². The molecule has 2 aromatic carbocycles. The van der Waals surface area contributed by atoms with Crippen molar-refractivity contribution < 1.29 is 4.79 Å². The maximum atomic E-state index is 13.0. The van der Waals surface area contributed by atoms with E-state index in [1.54, 1.807) is 12.4 Å². The van der Waals surface area contributed by atoms with Crippen molar-refractivity contribution in [1.29, 1.82) is 0 Å². The van der Waals surface area contributed by atoms with Crippen molar-refractivity contribution in [2.45, 2.75) is 19.4 Å². The number of aliphatic imine (C=N–C) groups is 1. The summed E-state index contributed by atoms with van der Waals surface area (Å²) in [5.41, 5.74) is 9.40. The minimum atomic E-state index is 0.141. The molecule has 0 amide bonds. The molecule has 4 nitrogen and oxygen atoms in total. The summed E-state index contributed by atoms with van der Waals surface area (Å²) in [6, 6.07) is 20.4. The quantitative estimate of drug-likeness (QED) is 0.497. The number of pyridine rings is 2. The largest absolute Gasteiger partial charge is 0.294 e. The highest BCUT2D eigenvalue weighted by Gasteiger charge is 2.24. The number of aromatic nitrogens is 2. The van der Waals surface area contributed by atoms with E-state index in [9.17, 15) is 4.79 Å². The molecule has 0 saturated carbocycles. The molecule has 0 spiro atoms. The van der Waals surface area contributed by atoms with Crippen LogP contribution >= 0.6 is 0 Å². The predicted octanol–water partition coefficient (Wildman–Crippen LogP) is 4.73. The van der Waals surface area contributed by atoms with Gasteiger partial charge >= 0.3 is 0 Å². The molecule has 4 aromatic rings. The van der Waals surface area contributed by atoms with Crippen LogP contribution in [0, 0.1) is 0 Å². The molecular formula is C27H19N3O. The predicted molar refractivity (Wildman–Crippen MR) is 122 cm³/mol. The van der Waals surface area contributed by atoms with Gasteiger partial charge in [-0.2, -0.15) is 0 Å². The molecule has 148 valence electrons. The van der Waals surface area contributed by atoms with Gasteiger partial charge in [-0.3, -0.25) is 19.8 Å². The first-order chi connectivity index (χ1) is 15.2. The molecule has 0 fully saturated rings. The van der Waals surface area contributed by atoms with Crippen LogP contribution in [0.1, 0.15) is 33.5 Å². The van der Waals surface area contributed by atoms with Gasteiger partial charge in [-0.25, -0.2) is 0 Å². The maximum absolute atomic E-state index is 13.0. The van der Waals surface area contributed by atoms with Crippen molar-refractivity contribution >= 4 is 28.5 Å². The first-order valence-electron chi connectivity index (χ1n) is 10.4. The van der Waals surface area contributed by atoms with E-state index in [1.165, 1.54) is 11.1 Å². The Morgan fingerprint density at radius 3 is 2.71 bits per heavy atom. The molecule has 0 unspecified atom stereocenters. The second-order valence-corrected chi connectivity index (χ2v) is 8.05. The lowest BCUT2D eigenvalue weighted by atomic mass is 9.96. The Labute approximate surface area is 180 Å². The summed E-state index contributed by atoms with van der Waals surface area (Å²) in [6.45, 7) is 0.685. The number of carbonyl (C=O) groups is 1. The van der Waals surface area contributed by atoms with Crippen LogP contribution in [0.25, 0.3) is 17.0 Å². The summed E-state index contributed by atoms with van der Waals surface area (Å²) in [5, 5.41) is 1.09. The third-order valence-electron chi connectivity index (χ3n) is 6.05. The molecule has 4 heteroatoms. The molecule has 31 heavy (non-hydrogen) atoms. The Kier molecular flexibility index (Phi) is 4.10. The SMILES string of the molecule is O=C(Cc1ccc2ccccc2n1)C1=Cc2cc3c(cc2C1)CN=C3c1ccncc1. The summed E-state index contributed by atoms with van der Waals surface area (Å²) in [6.07, 6.45) is 6.64. The van der Waals surface area contributed by atoms with E-state index in [1.807, 2.05) is 54.6 Å². The van der Waals surface area contributed by atoms with E-state index < -0.39 is 0 Å². The third-order valence-corrected chi connectivity index (χ3v) is 6.05. The summed E-state index contributed by atoms with van der Waals surface area (Å²) in [5.74, 6) is 0.141. The Bertz CT molecular complexity index is 1420. The molecule has 6 rings (SSSR count). The second kappa shape index (κ2) is 7.10. The number of carbonyl (C=O) groups excluding carboxylic acids is 1. The highest BCUT2D eigenvalue weighted by Crippen LogP contribution is 2.33. The number of para-hydroxylation sites is 1. The molecule has 0 radical (unpaired) electrons. The Hall–Kier alpha value is -3.92. The lowest BCUT2D eigenvalue weighted by Crippen LogP contribution is -2.08. The van der Waals surface area contributed by atoms with Crippen LogP contribution < -0.4 is 0 Å². The first kappa shape index (κ1) is 17.9. The average Bonchev–Trinajstić information content (AvgIpc) is 3.41. The molecule has 0 N–H and O–H groups in total. The van der Waals surface area contributed by atoms with Gasteiger partial charge in [-0.15, -0.1) is 0 Å². The van der Waals surface area contributed by atoms with E-state index in [0.29, 0.717) is 19.4 Å². The van der Waals surface area contributed by atoms with Crippen LogP contribution in [0.4, 0.5) is 0 Å². The van der Waals surface area contributed by atoms with Gasteiger partial charge in [0.15, 0.2) is 5.78 Å². The van der Waals surface area contributed by atoms with E-state index in [-0.39, 0.29) is 5.78 Å². The van der Waals surface area contributed by atoms with E-state index in [0.717, 1.165) is 44.6 Å². The number of rotatable bonds is 4. The first-order valence-corrected chi connectivity index (χ1v) is 10.4. The number of Topliss-reactive ketones (excluding diaryl/α,β-unsaturated/α-hetero) is 1. The summed E-state index contributed by atoms with van der Waals surface area (Å²) in [7, 11) is 0. The lowest BCUT2D eigenvalue weighted by molar-refractivity contribution is -0.115. The number of benzene rings is 2. The second-order valence-electron chi connectivity index (χ2n) is 8.05. The monoisotopic (exact) mass is 401 g/mol. The van der Waals surface area contributed by atoms with Crippen molar-refractivity contribution in [1.82, 2.24) is 9.97 Å². The van der Waals surface area contributed by atoms with Crippen molar-refractivity contribution in [2.24, 2.45) is 4.99 Å². The zero-order chi connectivity index (χ0) is 20.8. The maximum Gasteiger partial charge on any atom is 0.165 e. The van der Waals surface area contributed by atoms with E-state index in [4.69, 9.17) is 4.99 Å². The molecule has 2 aliphatic rings. The zero-order valence-electron chi connectivity index (χ0n) is 16.9. The molecule has 3 heterocycles. The number of fused-ring (bicyclic) bond motifs is 3. The fraction of sp³-hybridized carbons (Fsp3) is 0.111. The molecule has 1 aliphatic heterocycles. The van der Waals surface area contributed by atoms with Gasteiger partial charge in [0.2, 0.25) is 0 Å². The number of hydrogen-bond donors (Lipinski definition) is 0. The number of allylic oxidation sites excluding steroid dienone is 1. The minimum absolute atomic E-state index is 0.141. The molecular weight excluding hydrogens is 382 g/mol. The van der Waals surface area contributed by atoms with Crippen LogP contribution in [0.2, 0.25) is 0 Å². The molecule has 0 bridgehead atoms. The van der Waals surface area contributed by atoms with Crippen molar-refractivity contribution in [3.8, 4) is 0 Å². The van der Waals surface area contributed by atoms with Gasteiger partial charge in [0, 0.05) is 46.6 Å². The summed E-state index contributed by atoms with van der Waals surface area (Å²) >= 11 is 0. The van der Waals surface area contributed by atoms with Gasteiger partial charge in [-0.1, -0.05) is 30.3 Å². The number of ketones is 1. The van der Waals surface area contributed by atoms with Crippen LogP contribution in [0.3, 0.4) is 0 Å². The summed E-state index contributed by atoms with van der Waals surface area (Å²) < 4.78 is 0. The van der Waals surface area contributed by atoms with Gasteiger partial charge < -0.3 is 0 Å². The number of hydrogen-bond acceptors (Lipinski definition) is 4. The Morgan fingerprint density at radius 2 is 1.81 bits per heavy atom. The van der Waals surface area contributed by atoms with E-state index >= 15 is 0 Å². The highest BCUT2D eigenvalue weighted by molar-refractivity contribution is 6.15. The smallest absolute Gasteiger partial charge is 0.165 e. The fourth-order valence-corrected chi connectivity index (χ4v) is 4.46. The lowest BCUT2D eigenvalue weighted by Gasteiger charge is -2.07. The average molecular weight is 401 g/mol. The minimum Gasteiger partial charge on any atom is -0.294 e. The standard InChI is InChI=1S/C27H19N3O/c31-26(15-23-6-5-17-3-1-2-4-25(17)30-23)21-11-19-13-22-16-29-27(18-7-9-28-10-8-18)24(22)14-20(19)12-21/h1-10,12-14H,11,15-16H2. The number of nitrogens with zero attached hydrogens (tertiary/aromatic N) is 3.